The molecule has 0 bridgehead atoms. The molecule has 2 heterocycles. The van der Waals surface area contributed by atoms with Gasteiger partial charge in [-0.25, -0.2) is 9.37 Å². The summed E-state index contributed by atoms with van der Waals surface area (Å²) in [6.45, 7) is 1.39. The number of hydrogen-bond donors (Lipinski definition) is 0. The highest BCUT2D eigenvalue weighted by Gasteiger charge is 2.20. The van der Waals surface area contributed by atoms with Gasteiger partial charge >= 0.3 is 0 Å². The molecule has 1 aromatic carbocycles. The molecule has 9 heteroatoms. The number of halogens is 1. The van der Waals surface area contributed by atoms with E-state index in [0.717, 1.165) is 10.0 Å². The quantitative estimate of drug-likeness (QED) is 0.636. The predicted molar refractivity (Wildman–Crippen MR) is 90.8 cm³/mol. The Bertz CT molecular complexity index is 806. The summed E-state index contributed by atoms with van der Waals surface area (Å²) in [6, 6.07) is 6.16. The van der Waals surface area contributed by atoms with Crippen molar-refractivity contribution in [2.75, 3.05) is 4.90 Å². The van der Waals surface area contributed by atoms with E-state index >= 15 is 0 Å². The van der Waals surface area contributed by atoms with Gasteiger partial charge < -0.3 is 0 Å². The molecule has 0 aliphatic heterocycles. The van der Waals surface area contributed by atoms with Crippen LogP contribution < -0.4 is 4.90 Å². The van der Waals surface area contributed by atoms with Crippen molar-refractivity contribution < 1.29 is 9.18 Å². The Morgan fingerprint density at radius 1 is 1.35 bits per heavy atom. The van der Waals surface area contributed by atoms with E-state index in [1.165, 1.54) is 52.3 Å². The molecule has 0 aliphatic carbocycles. The summed E-state index contributed by atoms with van der Waals surface area (Å²) in [4.78, 5) is 17.7. The van der Waals surface area contributed by atoms with Gasteiger partial charge in [-0.2, -0.15) is 0 Å². The maximum absolute atomic E-state index is 14.0. The normalized spacial score (nSPS) is 10.7. The van der Waals surface area contributed by atoms with E-state index in [9.17, 15) is 9.18 Å². The van der Waals surface area contributed by atoms with Crippen LogP contribution in [0.4, 0.5) is 15.2 Å². The van der Waals surface area contributed by atoms with Crippen molar-refractivity contribution in [2.24, 2.45) is 0 Å². The Hall–Kier alpha value is -1.84. The molecule has 118 valence electrons. The number of anilines is 2. The molecule has 1 amide bonds. The number of hydrogen-bond acceptors (Lipinski definition) is 7. The Kier molecular flexibility index (Phi) is 4.99. The van der Waals surface area contributed by atoms with Gasteiger partial charge in [0.25, 0.3) is 0 Å². The van der Waals surface area contributed by atoms with Crippen LogP contribution in [-0.2, 0) is 10.5 Å². The van der Waals surface area contributed by atoms with Crippen LogP contribution in [0.3, 0.4) is 0 Å². The Balaban J connectivity index is 1.81. The number of carbonyl (C=O) groups excluding carboxylic acids is 1. The number of aromatic nitrogens is 3. The van der Waals surface area contributed by atoms with Crippen LogP contribution in [0.15, 0.2) is 39.5 Å². The molecule has 3 rings (SSSR count). The zero-order valence-electron chi connectivity index (χ0n) is 12.0. The van der Waals surface area contributed by atoms with E-state index in [4.69, 9.17) is 0 Å². The Morgan fingerprint density at radius 3 is 2.87 bits per heavy atom. The highest BCUT2D eigenvalue weighted by Crippen LogP contribution is 2.32. The first-order chi connectivity index (χ1) is 11.1. The number of para-hydroxylation sites is 1. The summed E-state index contributed by atoms with van der Waals surface area (Å²) in [7, 11) is 0. The highest BCUT2D eigenvalue weighted by atomic mass is 32.2. The van der Waals surface area contributed by atoms with Crippen molar-refractivity contribution in [1.29, 1.82) is 0 Å². The minimum Gasteiger partial charge on any atom is -0.274 e. The molecule has 23 heavy (non-hydrogen) atoms. The number of thiazole rings is 1. The third kappa shape index (κ3) is 3.74. The third-order valence-corrected chi connectivity index (χ3v) is 5.59. The van der Waals surface area contributed by atoms with Crippen LogP contribution in [0.1, 0.15) is 12.6 Å². The van der Waals surface area contributed by atoms with Crippen molar-refractivity contribution in [1.82, 2.24) is 15.2 Å². The lowest BCUT2D eigenvalue weighted by Gasteiger charge is -2.18. The van der Waals surface area contributed by atoms with Gasteiger partial charge in [-0.1, -0.05) is 35.2 Å². The summed E-state index contributed by atoms with van der Waals surface area (Å²) in [5, 5.41) is 10.0. The molecular weight excluding hydrogens is 355 g/mol. The number of amides is 1. The molecule has 0 aliphatic rings. The molecule has 0 fully saturated rings. The van der Waals surface area contributed by atoms with Crippen molar-refractivity contribution in [2.45, 2.75) is 17.0 Å². The Labute approximate surface area is 144 Å². The first kappa shape index (κ1) is 16.0. The summed E-state index contributed by atoms with van der Waals surface area (Å²) in [5.74, 6) is -0.121. The monoisotopic (exact) mass is 366 g/mol. The molecule has 0 saturated heterocycles. The zero-order valence-corrected chi connectivity index (χ0v) is 14.4. The molecule has 0 N–H and O–H groups in total. The number of thioether (sulfide) groups is 1. The Morgan fingerprint density at radius 2 is 2.17 bits per heavy atom. The molecule has 0 saturated carbocycles. The molecule has 0 spiro atoms. The van der Waals surface area contributed by atoms with Gasteiger partial charge in [0.1, 0.15) is 11.3 Å². The second-order valence-electron chi connectivity index (χ2n) is 4.42. The second kappa shape index (κ2) is 7.16. The number of rotatable bonds is 5. The van der Waals surface area contributed by atoms with Gasteiger partial charge in [-0.15, -0.1) is 21.5 Å². The van der Waals surface area contributed by atoms with Crippen LogP contribution in [0.5, 0.6) is 0 Å². The number of nitrogens with zero attached hydrogens (tertiary/aromatic N) is 4. The van der Waals surface area contributed by atoms with Crippen LogP contribution in [0.2, 0.25) is 0 Å². The van der Waals surface area contributed by atoms with Crippen LogP contribution in [0, 0.1) is 5.82 Å². The minimum atomic E-state index is -0.456. The van der Waals surface area contributed by atoms with Crippen LogP contribution >= 0.6 is 34.4 Å². The number of benzene rings is 1. The second-order valence-corrected chi connectivity index (χ2v) is 7.31. The molecule has 2 aromatic heterocycles. The van der Waals surface area contributed by atoms with E-state index in [0.29, 0.717) is 10.9 Å². The SMILES string of the molecule is CC(=O)N(c1nc(CSc2nncs2)cs1)c1ccccc1F. The first-order valence-electron chi connectivity index (χ1n) is 6.53. The average Bonchev–Trinajstić information content (AvgIpc) is 3.18. The fourth-order valence-corrected chi connectivity index (χ4v) is 4.23. The summed E-state index contributed by atoms with van der Waals surface area (Å²) in [5.41, 5.74) is 2.69. The van der Waals surface area contributed by atoms with Crippen molar-refractivity contribution in [3.63, 3.8) is 0 Å². The maximum Gasteiger partial charge on any atom is 0.230 e. The van der Waals surface area contributed by atoms with Gasteiger partial charge in [-0.05, 0) is 12.1 Å². The summed E-state index contributed by atoms with van der Waals surface area (Å²) < 4.78 is 14.8. The smallest absolute Gasteiger partial charge is 0.230 e. The van der Waals surface area contributed by atoms with E-state index in [1.807, 2.05) is 5.38 Å². The highest BCUT2D eigenvalue weighted by molar-refractivity contribution is 8.00. The summed E-state index contributed by atoms with van der Waals surface area (Å²) >= 11 is 4.29. The molecule has 0 atom stereocenters. The summed E-state index contributed by atoms with van der Waals surface area (Å²) in [6.07, 6.45) is 0. The fourth-order valence-electron chi connectivity index (χ4n) is 1.87. The van der Waals surface area contributed by atoms with Gasteiger partial charge in [0.15, 0.2) is 9.47 Å². The minimum absolute atomic E-state index is 0.206. The zero-order chi connectivity index (χ0) is 16.2. The van der Waals surface area contributed by atoms with E-state index in [2.05, 4.69) is 15.2 Å². The van der Waals surface area contributed by atoms with Gasteiger partial charge in [0.05, 0.1) is 11.4 Å². The third-order valence-electron chi connectivity index (χ3n) is 2.82. The predicted octanol–water partition coefficient (Wildman–Crippen LogP) is 4.11. The molecular formula is C14H11FN4OS3. The molecule has 0 radical (unpaired) electrons. The van der Waals surface area contributed by atoms with Crippen LogP contribution in [0.25, 0.3) is 0 Å². The van der Waals surface area contributed by atoms with Gasteiger partial charge in [0, 0.05) is 18.1 Å². The molecule has 5 nitrogen and oxygen atoms in total. The largest absolute Gasteiger partial charge is 0.274 e. The first-order valence-corrected chi connectivity index (χ1v) is 9.28. The molecule has 3 aromatic rings. The van der Waals surface area contributed by atoms with Crippen molar-refractivity contribution in [3.05, 3.63) is 46.7 Å². The van der Waals surface area contributed by atoms with Crippen LogP contribution in [-0.4, -0.2) is 21.1 Å². The standard InChI is InChI=1S/C14H11FN4OS3/c1-9(20)19(12-5-3-2-4-11(12)15)13-17-10(6-21-13)7-22-14-18-16-8-23-14/h2-6,8H,7H2,1H3. The van der Waals surface area contributed by atoms with E-state index < -0.39 is 5.82 Å². The van der Waals surface area contributed by atoms with Gasteiger partial charge in [0.2, 0.25) is 5.91 Å². The van der Waals surface area contributed by atoms with E-state index in [-0.39, 0.29) is 11.6 Å². The molecule has 0 unspecified atom stereocenters. The van der Waals surface area contributed by atoms with E-state index in [1.54, 1.807) is 23.7 Å². The van der Waals surface area contributed by atoms with Crippen molar-refractivity contribution in [3.8, 4) is 0 Å². The van der Waals surface area contributed by atoms with Gasteiger partial charge in [-0.3, -0.25) is 9.69 Å². The van der Waals surface area contributed by atoms with Crippen molar-refractivity contribution >= 4 is 51.2 Å². The maximum atomic E-state index is 14.0. The fraction of sp³-hybridized carbons (Fsp3) is 0.143. The lowest BCUT2D eigenvalue weighted by molar-refractivity contribution is -0.115. The lowest BCUT2D eigenvalue weighted by Crippen LogP contribution is -2.23. The number of carbonyl (C=O) groups is 1. The average molecular weight is 366 g/mol. The topological polar surface area (TPSA) is 59.0 Å². The lowest BCUT2D eigenvalue weighted by atomic mass is 10.3.